The second-order valence-electron chi connectivity index (χ2n) is 5.85. The number of benzene rings is 1. The van der Waals surface area contributed by atoms with Gasteiger partial charge >= 0.3 is 11.9 Å². The molecule has 1 aliphatic heterocycles. The van der Waals surface area contributed by atoms with Gasteiger partial charge in [-0.05, 0) is 38.0 Å². The van der Waals surface area contributed by atoms with Crippen LogP contribution in [0.15, 0.2) is 36.4 Å². The van der Waals surface area contributed by atoms with Gasteiger partial charge in [0.1, 0.15) is 0 Å². The van der Waals surface area contributed by atoms with Crippen LogP contribution < -0.4 is 5.32 Å². The fourth-order valence-corrected chi connectivity index (χ4v) is 2.49. The lowest BCUT2D eigenvalue weighted by Crippen LogP contribution is -2.61. The molecule has 0 amide bonds. The van der Waals surface area contributed by atoms with Crippen molar-refractivity contribution < 1.29 is 24.9 Å². The molecule has 0 radical (unpaired) electrons. The van der Waals surface area contributed by atoms with Gasteiger partial charge in [-0.1, -0.05) is 23.7 Å². The van der Waals surface area contributed by atoms with Gasteiger partial charge in [0.25, 0.3) is 0 Å². The van der Waals surface area contributed by atoms with Gasteiger partial charge in [-0.25, -0.2) is 9.59 Å². The Morgan fingerprint density at radius 1 is 1.30 bits per heavy atom. The molecule has 23 heavy (non-hydrogen) atoms. The highest BCUT2D eigenvalue weighted by atomic mass is 35.5. The number of halogens is 1. The van der Waals surface area contributed by atoms with Gasteiger partial charge in [0.05, 0.1) is 6.10 Å². The zero-order valence-corrected chi connectivity index (χ0v) is 13.6. The van der Waals surface area contributed by atoms with Gasteiger partial charge in [0.15, 0.2) is 0 Å². The Kier molecular flexibility index (Phi) is 6.75. The Balaban J connectivity index is 0.000000284. The third-order valence-electron chi connectivity index (χ3n) is 3.25. The molecule has 2 atom stereocenters. The molecule has 1 unspecified atom stereocenters. The molecule has 0 aromatic heterocycles. The van der Waals surface area contributed by atoms with E-state index in [2.05, 4.69) is 19.2 Å². The highest BCUT2D eigenvalue weighted by Gasteiger charge is 2.39. The molecule has 4 N–H and O–H groups in total. The lowest BCUT2D eigenvalue weighted by molar-refractivity contribution is -0.134. The lowest BCUT2D eigenvalue weighted by Gasteiger charge is -2.46. The number of rotatable bonds is 4. The van der Waals surface area contributed by atoms with E-state index in [1.54, 1.807) is 0 Å². The number of hydrogen-bond donors (Lipinski definition) is 4. The van der Waals surface area contributed by atoms with Gasteiger partial charge in [-0.15, -0.1) is 0 Å². The van der Waals surface area contributed by atoms with Crippen molar-refractivity contribution >= 4 is 23.5 Å². The van der Waals surface area contributed by atoms with Crippen LogP contribution in [0.3, 0.4) is 0 Å². The molecule has 0 bridgehead atoms. The fourth-order valence-electron chi connectivity index (χ4n) is 2.29. The summed E-state index contributed by atoms with van der Waals surface area (Å²) in [5.74, 6) is -2.51. The van der Waals surface area contributed by atoms with E-state index in [0.29, 0.717) is 17.2 Å². The number of aliphatic carboxylic acids is 2. The maximum atomic E-state index is 10.1. The van der Waals surface area contributed by atoms with Crippen LogP contribution in [0.1, 0.15) is 31.9 Å². The molecule has 7 heteroatoms. The van der Waals surface area contributed by atoms with Crippen LogP contribution in [-0.2, 0) is 9.59 Å². The molecule has 126 valence electrons. The van der Waals surface area contributed by atoms with Gasteiger partial charge in [-0.2, -0.15) is 0 Å². The van der Waals surface area contributed by atoms with Crippen molar-refractivity contribution in [3.63, 3.8) is 0 Å². The standard InChI is InChI=1S/C12H16ClNO.C4H4O4/c1-12(2)7-10(14-12)11(15)8-4-3-5-9(13)6-8;5-3(6)1-2-4(7)8/h3-6,10-11,14-15H,7H2,1-2H3;1-2H,(H,5,6)(H,7,8)/b;2-1-/t10-,11?;/m0./s1. The minimum atomic E-state index is -1.26. The van der Waals surface area contributed by atoms with E-state index in [-0.39, 0.29) is 11.6 Å². The summed E-state index contributed by atoms with van der Waals surface area (Å²) in [6.45, 7) is 4.27. The molecule has 1 aromatic carbocycles. The van der Waals surface area contributed by atoms with Gasteiger partial charge in [0, 0.05) is 28.8 Å². The van der Waals surface area contributed by atoms with Crippen molar-refractivity contribution in [1.29, 1.82) is 0 Å². The Morgan fingerprint density at radius 2 is 1.83 bits per heavy atom. The molecule has 6 nitrogen and oxygen atoms in total. The third kappa shape index (κ3) is 6.81. The van der Waals surface area contributed by atoms with Crippen molar-refractivity contribution in [3.05, 3.63) is 47.0 Å². The van der Waals surface area contributed by atoms with Crippen LogP contribution in [0.25, 0.3) is 0 Å². The van der Waals surface area contributed by atoms with Crippen LogP contribution in [-0.4, -0.2) is 38.8 Å². The zero-order valence-electron chi connectivity index (χ0n) is 12.9. The Hall–Kier alpha value is -1.89. The van der Waals surface area contributed by atoms with Gasteiger partial charge in [0.2, 0.25) is 0 Å². The summed E-state index contributed by atoms with van der Waals surface area (Å²) >= 11 is 5.88. The highest BCUT2D eigenvalue weighted by Crippen LogP contribution is 2.32. The van der Waals surface area contributed by atoms with Crippen molar-refractivity contribution in [2.45, 2.75) is 38.0 Å². The average molecular weight is 342 g/mol. The minimum Gasteiger partial charge on any atom is -0.478 e. The monoisotopic (exact) mass is 341 g/mol. The zero-order chi connectivity index (χ0) is 17.6. The maximum Gasteiger partial charge on any atom is 0.328 e. The second kappa shape index (κ2) is 8.10. The van der Waals surface area contributed by atoms with Crippen LogP contribution in [0.4, 0.5) is 0 Å². The number of aliphatic hydroxyl groups excluding tert-OH is 1. The molecule has 2 rings (SSSR count). The summed E-state index contributed by atoms with van der Waals surface area (Å²) in [6, 6.07) is 7.56. The quantitative estimate of drug-likeness (QED) is 0.626. The predicted molar refractivity (Wildman–Crippen MR) is 86.4 cm³/mol. The number of carboxylic acids is 2. The van der Waals surface area contributed by atoms with Crippen LogP contribution >= 0.6 is 11.6 Å². The van der Waals surface area contributed by atoms with Crippen molar-refractivity contribution in [2.24, 2.45) is 0 Å². The number of carbonyl (C=O) groups is 2. The Morgan fingerprint density at radius 3 is 2.22 bits per heavy atom. The first-order valence-corrected chi connectivity index (χ1v) is 7.34. The minimum absolute atomic E-state index is 0.151. The molecular formula is C16H20ClNO5. The number of nitrogens with one attached hydrogen (secondary N) is 1. The van der Waals surface area contributed by atoms with E-state index in [4.69, 9.17) is 21.8 Å². The predicted octanol–water partition coefficient (Wildman–Crippen LogP) is 2.23. The van der Waals surface area contributed by atoms with E-state index in [9.17, 15) is 14.7 Å². The van der Waals surface area contributed by atoms with E-state index in [0.717, 1.165) is 12.0 Å². The van der Waals surface area contributed by atoms with Gasteiger partial charge in [-0.3, -0.25) is 0 Å². The first-order valence-electron chi connectivity index (χ1n) is 6.96. The molecule has 1 saturated heterocycles. The summed E-state index contributed by atoms with van der Waals surface area (Å²) in [5.41, 5.74) is 1.04. The topological polar surface area (TPSA) is 107 Å². The smallest absolute Gasteiger partial charge is 0.328 e. The third-order valence-corrected chi connectivity index (χ3v) is 3.48. The average Bonchev–Trinajstić information content (AvgIpc) is 2.42. The molecule has 1 heterocycles. The lowest BCUT2D eigenvalue weighted by atomic mass is 9.81. The van der Waals surface area contributed by atoms with Crippen LogP contribution in [0.2, 0.25) is 5.02 Å². The molecule has 0 aliphatic carbocycles. The van der Waals surface area contributed by atoms with E-state index in [1.807, 2.05) is 24.3 Å². The van der Waals surface area contributed by atoms with E-state index >= 15 is 0 Å². The van der Waals surface area contributed by atoms with Crippen LogP contribution in [0.5, 0.6) is 0 Å². The Labute approximate surface area is 139 Å². The molecule has 1 fully saturated rings. The van der Waals surface area contributed by atoms with Crippen molar-refractivity contribution in [1.82, 2.24) is 5.32 Å². The summed E-state index contributed by atoms with van der Waals surface area (Å²) < 4.78 is 0. The molecule has 0 saturated carbocycles. The van der Waals surface area contributed by atoms with Crippen molar-refractivity contribution in [3.8, 4) is 0 Å². The van der Waals surface area contributed by atoms with Crippen molar-refractivity contribution in [2.75, 3.05) is 0 Å². The molecule has 0 spiro atoms. The van der Waals surface area contributed by atoms with E-state index < -0.39 is 18.0 Å². The summed E-state index contributed by atoms with van der Waals surface area (Å²) in [6.07, 6.45) is 1.64. The normalized spacial score (nSPS) is 20.1. The summed E-state index contributed by atoms with van der Waals surface area (Å²) in [7, 11) is 0. The first-order chi connectivity index (χ1) is 10.6. The summed E-state index contributed by atoms with van der Waals surface area (Å²) in [4.78, 5) is 19.1. The number of hydrogen-bond acceptors (Lipinski definition) is 4. The number of aliphatic hydroxyl groups is 1. The maximum absolute atomic E-state index is 10.1. The first kappa shape index (κ1) is 19.2. The van der Waals surface area contributed by atoms with Gasteiger partial charge < -0.3 is 20.6 Å². The fraction of sp³-hybridized carbons (Fsp3) is 0.375. The highest BCUT2D eigenvalue weighted by molar-refractivity contribution is 6.30. The largest absolute Gasteiger partial charge is 0.478 e. The number of carboxylic acid groups (broad SMARTS) is 2. The second-order valence-corrected chi connectivity index (χ2v) is 6.28. The van der Waals surface area contributed by atoms with E-state index in [1.165, 1.54) is 0 Å². The SMILES string of the molecule is CC1(C)C[C@@H](C(O)c2cccc(Cl)c2)N1.O=C(O)/C=C\C(=O)O. The molecular weight excluding hydrogens is 322 g/mol. The van der Waals surface area contributed by atoms with Crippen LogP contribution in [0, 0.1) is 0 Å². The molecule has 1 aromatic rings. The Bertz CT molecular complexity index is 576. The molecule has 1 aliphatic rings. The summed E-state index contributed by atoms with van der Waals surface area (Å²) in [5, 5.41) is 29.7.